The summed E-state index contributed by atoms with van der Waals surface area (Å²) in [7, 11) is -3.23. The van der Waals surface area contributed by atoms with Crippen molar-refractivity contribution in [3.63, 3.8) is 0 Å². The summed E-state index contributed by atoms with van der Waals surface area (Å²) in [6.07, 6.45) is 1.51. The van der Waals surface area contributed by atoms with Gasteiger partial charge in [-0.3, -0.25) is 9.10 Å². The Bertz CT molecular complexity index is 853. The van der Waals surface area contributed by atoms with Crippen molar-refractivity contribution >= 4 is 27.7 Å². The molecule has 0 aromatic heterocycles. The van der Waals surface area contributed by atoms with Crippen molar-refractivity contribution < 1.29 is 22.7 Å². The van der Waals surface area contributed by atoms with E-state index in [-0.39, 0.29) is 17.7 Å². The molecule has 2 aliphatic heterocycles. The number of carbonyl (C=O) groups is 2. The number of likely N-dealkylation sites (tertiary alicyclic amines) is 1. The lowest BCUT2D eigenvalue weighted by atomic mass is 10.0. The van der Waals surface area contributed by atoms with Gasteiger partial charge in [0.1, 0.15) is 5.60 Å². The van der Waals surface area contributed by atoms with Crippen LogP contribution in [0.25, 0.3) is 0 Å². The highest BCUT2D eigenvalue weighted by atomic mass is 32.2. The first-order valence-electron chi connectivity index (χ1n) is 9.94. The minimum atomic E-state index is -3.23. The fraction of sp³-hybridized carbons (Fsp3) is 0.600. The molecule has 0 unspecified atom stereocenters. The van der Waals surface area contributed by atoms with Crippen molar-refractivity contribution in [2.75, 3.05) is 29.7 Å². The van der Waals surface area contributed by atoms with Crippen LogP contribution in [0.15, 0.2) is 24.3 Å². The Balaban J connectivity index is 1.54. The average Bonchev–Trinajstić information content (AvgIpc) is 2.99. The summed E-state index contributed by atoms with van der Waals surface area (Å²) in [5, 5.41) is 2.86. The van der Waals surface area contributed by atoms with Gasteiger partial charge in [0, 0.05) is 31.2 Å². The Labute approximate surface area is 172 Å². The molecule has 160 valence electrons. The van der Waals surface area contributed by atoms with Crippen LogP contribution in [-0.4, -0.2) is 62.3 Å². The second-order valence-corrected chi connectivity index (χ2v) is 10.5. The number of benzene rings is 1. The van der Waals surface area contributed by atoms with Crippen LogP contribution in [0.2, 0.25) is 0 Å². The molecular weight excluding hydrogens is 394 g/mol. The number of sulfonamides is 1. The van der Waals surface area contributed by atoms with Crippen molar-refractivity contribution in [1.29, 1.82) is 0 Å². The lowest BCUT2D eigenvalue weighted by Crippen LogP contribution is -2.47. The van der Waals surface area contributed by atoms with E-state index in [1.807, 2.05) is 20.8 Å². The maximum absolute atomic E-state index is 12.8. The van der Waals surface area contributed by atoms with Crippen LogP contribution in [0.3, 0.4) is 0 Å². The summed E-state index contributed by atoms with van der Waals surface area (Å²) in [5.41, 5.74) is 0.588. The number of nitrogens with zero attached hydrogens (tertiary/aromatic N) is 2. The molecule has 2 saturated heterocycles. The minimum Gasteiger partial charge on any atom is -0.444 e. The van der Waals surface area contributed by atoms with Crippen LogP contribution >= 0.6 is 0 Å². The summed E-state index contributed by atoms with van der Waals surface area (Å²) >= 11 is 0. The molecule has 1 aromatic rings. The SMILES string of the molecule is CC(C)(C)OC(=O)NC1CCN(C(=O)c2ccc(N3CCCS3(=O)=O)cc2)CC1. The first kappa shape index (κ1) is 21.4. The van der Waals surface area contributed by atoms with E-state index in [2.05, 4.69) is 5.32 Å². The third kappa shape index (κ3) is 5.41. The van der Waals surface area contributed by atoms with Gasteiger partial charge in [0.15, 0.2) is 0 Å². The molecule has 0 saturated carbocycles. The Morgan fingerprint density at radius 1 is 1.07 bits per heavy atom. The molecule has 0 spiro atoms. The second-order valence-electron chi connectivity index (χ2n) is 8.50. The first-order valence-corrected chi connectivity index (χ1v) is 11.6. The number of rotatable bonds is 3. The monoisotopic (exact) mass is 423 g/mol. The Morgan fingerprint density at radius 3 is 2.21 bits per heavy atom. The molecule has 2 amide bonds. The van der Waals surface area contributed by atoms with Crippen LogP contribution in [0.4, 0.5) is 10.5 Å². The van der Waals surface area contributed by atoms with Crippen molar-refractivity contribution in [1.82, 2.24) is 10.2 Å². The van der Waals surface area contributed by atoms with E-state index in [4.69, 9.17) is 4.74 Å². The normalized spacial score (nSPS) is 19.8. The molecule has 0 aliphatic carbocycles. The van der Waals surface area contributed by atoms with Crippen LogP contribution in [0.1, 0.15) is 50.4 Å². The number of hydrogen-bond acceptors (Lipinski definition) is 5. The molecule has 2 aliphatic rings. The smallest absolute Gasteiger partial charge is 0.407 e. The molecule has 2 heterocycles. The van der Waals surface area contributed by atoms with Crippen LogP contribution in [0, 0.1) is 0 Å². The van der Waals surface area contributed by atoms with Crippen LogP contribution < -0.4 is 9.62 Å². The highest BCUT2D eigenvalue weighted by Crippen LogP contribution is 2.25. The van der Waals surface area contributed by atoms with E-state index < -0.39 is 21.7 Å². The van der Waals surface area contributed by atoms with E-state index in [9.17, 15) is 18.0 Å². The molecule has 1 aromatic carbocycles. The van der Waals surface area contributed by atoms with E-state index in [1.54, 1.807) is 29.2 Å². The fourth-order valence-corrected chi connectivity index (χ4v) is 5.15. The first-order chi connectivity index (χ1) is 13.5. The van der Waals surface area contributed by atoms with Gasteiger partial charge >= 0.3 is 6.09 Å². The van der Waals surface area contributed by atoms with Gasteiger partial charge in [0.2, 0.25) is 10.0 Å². The summed E-state index contributed by atoms with van der Waals surface area (Å²) in [5.74, 6) is 0.0801. The van der Waals surface area contributed by atoms with Gasteiger partial charge in [-0.25, -0.2) is 13.2 Å². The number of nitrogens with one attached hydrogen (secondary N) is 1. The molecule has 9 heteroatoms. The number of hydrogen-bond donors (Lipinski definition) is 1. The largest absolute Gasteiger partial charge is 0.444 e. The predicted molar refractivity (Wildman–Crippen MR) is 110 cm³/mol. The number of ether oxygens (including phenoxy) is 1. The molecule has 29 heavy (non-hydrogen) atoms. The lowest BCUT2D eigenvalue weighted by Gasteiger charge is -2.33. The molecule has 8 nitrogen and oxygen atoms in total. The molecule has 1 N–H and O–H groups in total. The molecule has 3 rings (SSSR count). The van der Waals surface area contributed by atoms with Crippen LogP contribution in [0.5, 0.6) is 0 Å². The predicted octanol–water partition coefficient (Wildman–Crippen LogP) is 2.36. The van der Waals surface area contributed by atoms with Crippen LogP contribution in [-0.2, 0) is 14.8 Å². The van der Waals surface area contributed by atoms with Crippen molar-refractivity contribution in [3.05, 3.63) is 29.8 Å². The number of amides is 2. The zero-order valence-electron chi connectivity index (χ0n) is 17.2. The van der Waals surface area contributed by atoms with Crippen molar-refractivity contribution in [3.8, 4) is 0 Å². The summed E-state index contributed by atoms with van der Waals surface area (Å²) in [4.78, 5) is 26.4. The number of anilines is 1. The summed E-state index contributed by atoms with van der Waals surface area (Å²) in [6, 6.07) is 6.71. The maximum atomic E-state index is 12.8. The second kappa shape index (κ2) is 8.22. The average molecular weight is 424 g/mol. The highest BCUT2D eigenvalue weighted by Gasteiger charge is 2.29. The molecule has 2 fully saturated rings. The van der Waals surface area contributed by atoms with Gasteiger partial charge in [-0.15, -0.1) is 0 Å². The molecule has 0 radical (unpaired) electrons. The standard InChI is InChI=1S/C20H29N3O5S/c1-20(2,3)28-19(25)21-16-9-12-22(13-10-16)18(24)15-5-7-17(8-6-15)23-11-4-14-29(23,26)27/h5-8,16H,4,9-14H2,1-3H3,(H,21,25). The fourth-order valence-electron chi connectivity index (χ4n) is 3.58. The Morgan fingerprint density at radius 2 is 1.69 bits per heavy atom. The topological polar surface area (TPSA) is 96.0 Å². The van der Waals surface area contributed by atoms with Gasteiger partial charge < -0.3 is 15.0 Å². The number of alkyl carbamates (subject to hydrolysis) is 1. The Hall–Kier alpha value is -2.29. The van der Waals surface area contributed by atoms with E-state index in [0.717, 1.165) is 0 Å². The summed E-state index contributed by atoms with van der Waals surface area (Å²) < 4.78 is 30.7. The zero-order valence-corrected chi connectivity index (χ0v) is 18.0. The van der Waals surface area contributed by atoms with Crippen molar-refractivity contribution in [2.45, 2.75) is 51.7 Å². The van der Waals surface area contributed by atoms with Gasteiger partial charge in [0.05, 0.1) is 11.4 Å². The molecular formula is C20H29N3O5S. The van der Waals surface area contributed by atoms with Gasteiger partial charge in [-0.1, -0.05) is 0 Å². The maximum Gasteiger partial charge on any atom is 0.407 e. The Kier molecular flexibility index (Phi) is 6.07. The zero-order chi connectivity index (χ0) is 21.2. The number of carbonyl (C=O) groups excluding carboxylic acids is 2. The van der Waals surface area contributed by atoms with Crippen molar-refractivity contribution in [2.24, 2.45) is 0 Å². The van der Waals surface area contributed by atoms with Gasteiger partial charge in [0.25, 0.3) is 5.91 Å². The lowest BCUT2D eigenvalue weighted by molar-refractivity contribution is 0.0473. The highest BCUT2D eigenvalue weighted by molar-refractivity contribution is 7.93. The van der Waals surface area contributed by atoms with E-state index in [0.29, 0.717) is 50.1 Å². The van der Waals surface area contributed by atoms with Gasteiger partial charge in [-0.2, -0.15) is 0 Å². The third-order valence-corrected chi connectivity index (χ3v) is 6.87. The van der Waals surface area contributed by atoms with Gasteiger partial charge in [-0.05, 0) is 64.3 Å². The third-order valence-electron chi connectivity index (χ3n) is 5.00. The van der Waals surface area contributed by atoms with E-state index >= 15 is 0 Å². The molecule has 0 bridgehead atoms. The van der Waals surface area contributed by atoms with E-state index in [1.165, 1.54) is 4.31 Å². The quantitative estimate of drug-likeness (QED) is 0.805. The summed E-state index contributed by atoms with van der Waals surface area (Å²) in [6.45, 7) is 7.02. The molecule has 0 atom stereocenters. The number of piperidine rings is 1. The minimum absolute atomic E-state index is 0.0170.